The van der Waals surface area contributed by atoms with Gasteiger partial charge in [0.1, 0.15) is 5.75 Å². The van der Waals surface area contributed by atoms with Gasteiger partial charge in [-0.3, -0.25) is 9.48 Å². The van der Waals surface area contributed by atoms with E-state index in [1.807, 2.05) is 19.3 Å². The first kappa shape index (κ1) is 13.9. The number of amides is 1. The number of nitrogens with two attached hydrogens (primary N) is 1. The molecule has 3 N–H and O–H groups in total. The molecule has 1 heterocycles. The number of carbonyl (C=O) groups is 1. The van der Waals surface area contributed by atoms with Crippen LogP contribution in [0.4, 0.5) is 5.69 Å². The molecule has 0 saturated heterocycles. The fourth-order valence-electron chi connectivity index (χ4n) is 1.87. The average molecular weight is 274 g/mol. The molecule has 1 aromatic carbocycles. The van der Waals surface area contributed by atoms with Gasteiger partial charge in [-0.2, -0.15) is 5.10 Å². The van der Waals surface area contributed by atoms with Crippen LogP contribution in [-0.4, -0.2) is 29.3 Å². The smallest absolute Gasteiger partial charge is 0.251 e. The SMILES string of the molecule is COc1cc(N)cc(C(=O)NCCc2ccn(C)n2)c1. The lowest BCUT2D eigenvalue weighted by Crippen LogP contribution is -2.26. The molecule has 1 amide bonds. The normalized spacial score (nSPS) is 10.3. The molecule has 0 bridgehead atoms. The number of rotatable bonds is 5. The van der Waals surface area contributed by atoms with Gasteiger partial charge in [-0.25, -0.2) is 0 Å². The zero-order valence-corrected chi connectivity index (χ0v) is 11.6. The summed E-state index contributed by atoms with van der Waals surface area (Å²) in [5, 5.41) is 7.08. The molecule has 0 unspecified atom stereocenters. The number of benzene rings is 1. The van der Waals surface area contributed by atoms with Crippen LogP contribution in [-0.2, 0) is 13.5 Å². The van der Waals surface area contributed by atoms with E-state index in [0.717, 1.165) is 5.69 Å². The van der Waals surface area contributed by atoms with Crippen molar-refractivity contribution in [3.63, 3.8) is 0 Å². The molecule has 0 atom stereocenters. The monoisotopic (exact) mass is 274 g/mol. The Labute approximate surface area is 117 Å². The Morgan fingerprint density at radius 3 is 2.90 bits per heavy atom. The van der Waals surface area contributed by atoms with Crippen molar-refractivity contribution in [2.45, 2.75) is 6.42 Å². The largest absolute Gasteiger partial charge is 0.497 e. The molecule has 0 aliphatic rings. The van der Waals surface area contributed by atoms with E-state index in [9.17, 15) is 4.79 Å². The minimum absolute atomic E-state index is 0.175. The van der Waals surface area contributed by atoms with E-state index in [-0.39, 0.29) is 5.91 Å². The summed E-state index contributed by atoms with van der Waals surface area (Å²) in [6.07, 6.45) is 2.56. The number of nitrogens with zero attached hydrogens (tertiary/aromatic N) is 2. The summed E-state index contributed by atoms with van der Waals surface area (Å²) in [7, 11) is 3.40. The lowest BCUT2D eigenvalue weighted by Gasteiger charge is -2.07. The molecule has 6 heteroatoms. The maximum absolute atomic E-state index is 12.0. The van der Waals surface area contributed by atoms with Gasteiger partial charge in [0.05, 0.1) is 12.8 Å². The van der Waals surface area contributed by atoms with Gasteiger partial charge < -0.3 is 15.8 Å². The van der Waals surface area contributed by atoms with Crippen LogP contribution in [0.25, 0.3) is 0 Å². The maximum Gasteiger partial charge on any atom is 0.251 e. The molecular formula is C14H18N4O2. The molecule has 0 saturated carbocycles. The van der Waals surface area contributed by atoms with E-state index < -0.39 is 0 Å². The first-order valence-corrected chi connectivity index (χ1v) is 6.30. The number of hydrogen-bond acceptors (Lipinski definition) is 4. The number of nitrogen functional groups attached to an aromatic ring is 1. The standard InChI is InChI=1S/C14H18N4O2/c1-18-6-4-12(17-18)3-5-16-14(19)10-7-11(15)9-13(8-10)20-2/h4,6-9H,3,5,15H2,1-2H3,(H,16,19). The van der Waals surface area contributed by atoms with E-state index in [1.54, 1.807) is 22.9 Å². The number of aromatic nitrogens is 2. The summed E-state index contributed by atoms with van der Waals surface area (Å²) >= 11 is 0. The second-order valence-corrected chi connectivity index (χ2v) is 4.48. The number of anilines is 1. The van der Waals surface area contributed by atoms with Crippen LogP contribution >= 0.6 is 0 Å². The van der Waals surface area contributed by atoms with Crippen molar-refractivity contribution in [2.75, 3.05) is 19.4 Å². The Morgan fingerprint density at radius 2 is 2.25 bits per heavy atom. The van der Waals surface area contributed by atoms with Crippen molar-refractivity contribution in [2.24, 2.45) is 7.05 Å². The quantitative estimate of drug-likeness (QED) is 0.796. The van der Waals surface area contributed by atoms with E-state index in [4.69, 9.17) is 10.5 Å². The third-order valence-corrected chi connectivity index (χ3v) is 2.86. The second kappa shape index (κ2) is 6.10. The number of carbonyl (C=O) groups excluding carboxylic acids is 1. The van der Waals surface area contributed by atoms with Crippen molar-refractivity contribution < 1.29 is 9.53 Å². The van der Waals surface area contributed by atoms with Gasteiger partial charge in [-0.15, -0.1) is 0 Å². The lowest BCUT2D eigenvalue weighted by atomic mass is 10.1. The second-order valence-electron chi connectivity index (χ2n) is 4.48. The van der Waals surface area contributed by atoms with Gasteiger partial charge in [0.15, 0.2) is 0 Å². The van der Waals surface area contributed by atoms with Crippen LogP contribution < -0.4 is 15.8 Å². The van der Waals surface area contributed by atoms with Crippen molar-refractivity contribution in [1.29, 1.82) is 0 Å². The molecule has 20 heavy (non-hydrogen) atoms. The predicted octanol–water partition coefficient (Wildman–Crippen LogP) is 0.983. The van der Waals surface area contributed by atoms with E-state index >= 15 is 0 Å². The summed E-state index contributed by atoms with van der Waals surface area (Å²) in [5.74, 6) is 0.395. The molecule has 106 valence electrons. The summed E-state index contributed by atoms with van der Waals surface area (Å²) in [6, 6.07) is 6.88. The lowest BCUT2D eigenvalue weighted by molar-refractivity contribution is 0.0953. The summed E-state index contributed by atoms with van der Waals surface area (Å²) < 4.78 is 6.83. The molecule has 0 aliphatic heterocycles. The highest BCUT2D eigenvalue weighted by Gasteiger charge is 2.08. The molecule has 0 fully saturated rings. The van der Waals surface area contributed by atoms with Gasteiger partial charge in [0.2, 0.25) is 0 Å². The maximum atomic E-state index is 12.0. The highest BCUT2D eigenvalue weighted by molar-refractivity contribution is 5.95. The number of hydrogen-bond donors (Lipinski definition) is 2. The highest BCUT2D eigenvalue weighted by atomic mass is 16.5. The number of nitrogens with one attached hydrogen (secondary N) is 1. The summed E-state index contributed by atoms with van der Waals surface area (Å²) in [6.45, 7) is 0.521. The Balaban J connectivity index is 1.93. The molecule has 0 radical (unpaired) electrons. The van der Waals surface area contributed by atoms with Crippen LogP contribution in [0, 0.1) is 0 Å². The predicted molar refractivity (Wildman–Crippen MR) is 76.7 cm³/mol. The molecule has 2 rings (SSSR count). The Bertz CT molecular complexity index is 607. The summed E-state index contributed by atoms with van der Waals surface area (Å²) in [4.78, 5) is 12.0. The number of aryl methyl sites for hydroxylation is 1. The third kappa shape index (κ3) is 3.50. The Hall–Kier alpha value is -2.50. The third-order valence-electron chi connectivity index (χ3n) is 2.86. The van der Waals surface area contributed by atoms with Gasteiger partial charge in [0.25, 0.3) is 5.91 Å². The molecule has 6 nitrogen and oxygen atoms in total. The number of methoxy groups -OCH3 is 1. The fraction of sp³-hybridized carbons (Fsp3) is 0.286. The Kier molecular flexibility index (Phi) is 4.24. The van der Waals surface area contributed by atoms with Gasteiger partial charge >= 0.3 is 0 Å². The highest BCUT2D eigenvalue weighted by Crippen LogP contribution is 2.18. The molecule has 0 spiro atoms. The van der Waals surface area contributed by atoms with Crippen molar-refractivity contribution in [1.82, 2.24) is 15.1 Å². The first-order valence-electron chi connectivity index (χ1n) is 6.30. The molecule has 2 aromatic rings. The zero-order valence-electron chi connectivity index (χ0n) is 11.6. The molecular weight excluding hydrogens is 256 g/mol. The van der Waals surface area contributed by atoms with E-state index in [2.05, 4.69) is 10.4 Å². The van der Waals surface area contributed by atoms with E-state index in [1.165, 1.54) is 7.11 Å². The molecule has 0 aliphatic carbocycles. The van der Waals surface area contributed by atoms with Gasteiger partial charge in [-0.1, -0.05) is 0 Å². The zero-order chi connectivity index (χ0) is 14.5. The van der Waals surface area contributed by atoms with Crippen LogP contribution in [0.1, 0.15) is 16.1 Å². The van der Waals surface area contributed by atoms with Crippen LogP contribution in [0.15, 0.2) is 30.5 Å². The molecule has 1 aromatic heterocycles. The Morgan fingerprint density at radius 1 is 1.45 bits per heavy atom. The van der Waals surface area contributed by atoms with Gasteiger partial charge in [-0.05, 0) is 18.2 Å². The minimum Gasteiger partial charge on any atom is -0.497 e. The van der Waals surface area contributed by atoms with Crippen molar-refractivity contribution in [3.8, 4) is 5.75 Å². The minimum atomic E-state index is -0.175. The average Bonchev–Trinajstić information content (AvgIpc) is 2.83. The van der Waals surface area contributed by atoms with Crippen molar-refractivity contribution >= 4 is 11.6 Å². The van der Waals surface area contributed by atoms with Crippen LogP contribution in [0.5, 0.6) is 5.75 Å². The van der Waals surface area contributed by atoms with E-state index in [0.29, 0.717) is 30.0 Å². The van der Waals surface area contributed by atoms with Crippen LogP contribution in [0.3, 0.4) is 0 Å². The first-order chi connectivity index (χ1) is 9.58. The topological polar surface area (TPSA) is 82.2 Å². The summed E-state index contributed by atoms with van der Waals surface area (Å²) in [5.41, 5.74) is 7.65. The van der Waals surface area contributed by atoms with Crippen molar-refractivity contribution in [3.05, 3.63) is 41.7 Å². The van der Waals surface area contributed by atoms with Crippen LogP contribution in [0.2, 0.25) is 0 Å². The number of ether oxygens (including phenoxy) is 1. The van der Waals surface area contributed by atoms with Gasteiger partial charge in [0, 0.05) is 43.5 Å². The fourth-order valence-corrected chi connectivity index (χ4v) is 1.87.